The van der Waals surface area contributed by atoms with Crippen molar-refractivity contribution in [3.8, 4) is 5.88 Å². The third kappa shape index (κ3) is 2.65. The summed E-state index contributed by atoms with van der Waals surface area (Å²) in [5.74, 6) is 2.49. The number of hydrogen-bond donors (Lipinski definition) is 0. The van der Waals surface area contributed by atoms with Gasteiger partial charge in [-0.2, -0.15) is 4.98 Å². The molecule has 2 aromatic heterocycles. The first-order valence-corrected chi connectivity index (χ1v) is 6.76. The molecule has 20 heavy (non-hydrogen) atoms. The van der Waals surface area contributed by atoms with Crippen LogP contribution < -0.4 is 4.74 Å². The van der Waals surface area contributed by atoms with E-state index < -0.39 is 0 Å². The van der Waals surface area contributed by atoms with Gasteiger partial charge in [0, 0.05) is 24.8 Å². The van der Waals surface area contributed by atoms with E-state index in [1.807, 2.05) is 13.0 Å². The summed E-state index contributed by atoms with van der Waals surface area (Å²) >= 11 is 0. The van der Waals surface area contributed by atoms with E-state index in [2.05, 4.69) is 26.1 Å². The highest BCUT2D eigenvalue weighted by Crippen LogP contribution is 2.28. The first-order chi connectivity index (χ1) is 9.76. The summed E-state index contributed by atoms with van der Waals surface area (Å²) < 4.78 is 10.6. The Kier molecular flexibility index (Phi) is 3.64. The van der Waals surface area contributed by atoms with Crippen LogP contribution in [0.1, 0.15) is 29.6 Å². The maximum atomic E-state index is 5.29. The quantitative estimate of drug-likeness (QED) is 0.846. The maximum Gasteiger partial charge on any atom is 0.231 e. The molecule has 0 spiro atoms. The van der Waals surface area contributed by atoms with Crippen molar-refractivity contribution in [2.24, 2.45) is 0 Å². The Labute approximate surface area is 117 Å². The summed E-state index contributed by atoms with van der Waals surface area (Å²) in [4.78, 5) is 10.9. The number of ether oxygens (including phenoxy) is 1. The third-order valence-corrected chi connectivity index (χ3v) is 3.60. The fourth-order valence-corrected chi connectivity index (χ4v) is 2.63. The van der Waals surface area contributed by atoms with Crippen molar-refractivity contribution in [3.05, 3.63) is 35.6 Å². The lowest BCUT2D eigenvalue weighted by Gasteiger charge is -2.16. The van der Waals surface area contributed by atoms with Crippen molar-refractivity contribution in [1.29, 1.82) is 0 Å². The lowest BCUT2D eigenvalue weighted by molar-refractivity contribution is 0.300. The zero-order chi connectivity index (χ0) is 13.9. The van der Waals surface area contributed by atoms with Crippen LogP contribution >= 0.6 is 0 Å². The van der Waals surface area contributed by atoms with Crippen molar-refractivity contribution in [3.63, 3.8) is 0 Å². The molecule has 0 unspecified atom stereocenters. The Hall–Kier alpha value is -1.95. The molecule has 1 saturated heterocycles. The number of methoxy groups -OCH3 is 1. The van der Waals surface area contributed by atoms with Crippen LogP contribution in [-0.4, -0.2) is 40.2 Å². The molecule has 2 aromatic rings. The molecule has 3 heterocycles. The molecule has 6 nitrogen and oxygen atoms in total. The predicted octanol–water partition coefficient (Wildman–Crippen LogP) is 1.77. The average molecular weight is 274 g/mol. The lowest BCUT2D eigenvalue weighted by atomic mass is 10.1. The summed E-state index contributed by atoms with van der Waals surface area (Å²) in [5.41, 5.74) is 1.11. The summed E-state index contributed by atoms with van der Waals surface area (Å²) in [5, 5.41) is 3.86. The minimum atomic E-state index is 0.332. The van der Waals surface area contributed by atoms with Crippen LogP contribution in [0.3, 0.4) is 0 Å². The maximum absolute atomic E-state index is 5.29. The molecule has 1 aliphatic rings. The normalized spacial score (nSPS) is 19.4. The molecular weight excluding hydrogens is 256 g/mol. The van der Waals surface area contributed by atoms with Gasteiger partial charge in [-0.05, 0) is 26.0 Å². The molecule has 0 N–H and O–H groups in total. The SMILES string of the molecule is COc1ncccc1CN1CC[C@H](c2nc(C)no2)C1. The van der Waals surface area contributed by atoms with Gasteiger partial charge in [0.25, 0.3) is 0 Å². The van der Waals surface area contributed by atoms with Gasteiger partial charge >= 0.3 is 0 Å². The monoisotopic (exact) mass is 274 g/mol. The molecule has 106 valence electrons. The van der Waals surface area contributed by atoms with Gasteiger partial charge in [0.1, 0.15) is 0 Å². The molecule has 3 rings (SSSR count). The number of rotatable bonds is 4. The van der Waals surface area contributed by atoms with E-state index in [0.717, 1.165) is 37.5 Å². The molecule has 6 heteroatoms. The van der Waals surface area contributed by atoms with E-state index in [-0.39, 0.29) is 0 Å². The fraction of sp³-hybridized carbons (Fsp3) is 0.500. The molecular formula is C14H18N4O2. The third-order valence-electron chi connectivity index (χ3n) is 3.60. The van der Waals surface area contributed by atoms with Gasteiger partial charge in [0.05, 0.1) is 13.0 Å². The number of likely N-dealkylation sites (tertiary alicyclic amines) is 1. The lowest BCUT2D eigenvalue weighted by Crippen LogP contribution is -2.20. The van der Waals surface area contributed by atoms with Crippen molar-refractivity contribution < 1.29 is 9.26 Å². The number of hydrogen-bond acceptors (Lipinski definition) is 6. The number of aromatic nitrogens is 3. The summed E-state index contributed by atoms with van der Waals surface area (Å²) in [6.45, 7) is 4.63. The molecule has 1 atom stereocenters. The van der Waals surface area contributed by atoms with Crippen molar-refractivity contribution >= 4 is 0 Å². The van der Waals surface area contributed by atoms with Crippen molar-refractivity contribution in [1.82, 2.24) is 20.0 Å². The van der Waals surface area contributed by atoms with Gasteiger partial charge in [-0.15, -0.1) is 0 Å². The van der Waals surface area contributed by atoms with E-state index in [4.69, 9.17) is 9.26 Å². The van der Waals surface area contributed by atoms with Gasteiger partial charge in [0.15, 0.2) is 5.82 Å². The van der Waals surface area contributed by atoms with Gasteiger partial charge in [0.2, 0.25) is 11.8 Å². The van der Waals surface area contributed by atoms with Gasteiger partial charge in [-0.25, -0.2) is 4.98 Å². The highest BCUT2D eigenvalue weighted by atomic mass is 16.5. The molecule has 0 aromatic carbocycles. The van der Waals surface area contributed by atoms with Gasteiger partial charge in [-0.1, -0.05) is 11.2 Å². The zero-order valence-corrected chi connectivity index (χ0v) is 11.7. The van der Waals surface area contributed by atoms with Crippen LogP contribution in [0.2, 0.25) is 0 Å². The Bertz CT molecular complexity index is 584. The van der Waals surface area contributed by atoms with Crippen molar-refractivity contribution in [2.45, 2.75) is 25.8 Å². The van der Waals surface area contributed by atoms with Crippen LogP contribution in [0.25, 0.3) is 0 Å². The van der Waals surface area contributed by atoms with Crippen molar-refractivity contribution in [2.75, 3.05) is 20.2 Å². The molecule has 0 amide bonds. The Balaban J connectivity index is 1.66. The summed E-state index contributed by atoms with van der Waals surface area (Å²) in [7, 11) is 1.65. The summed E-state index contributed by atoms with van der Waals surface area (Å²) in [6.07, 6.45) is 2.79. The van der Waals surface area contributed by atoms with E-state index in [9.17, 15) is 0 Å². The molecule has 0 bridgehead atoms. The first-order valence-electron chi connectivity index (χ1n) is 6.76. The molecule has 0 saturated carbocycles. The predicted molar refractivity (Wildman–Crippen MR) is 72.5 cm³/mol. The zero-order valence-electron chi connectivity index (χ0n) is 11.7. The Morgan fingerprint density at radius 3 is 3.15 bits per heavy atom. The van der Waals surface area contributed by atoms with Gasteiger partial charge < -0.3 is 9.26 Å². The minimum Gasteiger partial charge on any atom is -0.481 e. The second-order valence-electron chi connectivity index (χ2n) is 5.07. The molecule has 0 aliphatic carbocycles. The number of pyridine rings is 1. The number of nitrogens with zero attached hydrogens (tertiary/aromatic N) is 4. The fourth-order valence-electron chi connectivity index (χ4n) is 2.63. The highest BCUT2D eigenvalue weighted by molar-refractivity contribution is 5.25. The van der Waals surface area contributed by atoms with Crippen LogP contribution in [0, 0.1) is 6.92 Å². The van der Waals surface area contributed by atoms with E-state index in [1.54, 1.807) is 13.3 Å². The van der Waals surface area contributed by atoms with Crippen LogP contribution in [-0.2, 0) is 6.54 Å². The molecule has 1 aliphatic heterocycles. The van der Waals surface area contributed by atoms with Crippen LogP contribution in [0.5, 0.6) is 5.88 Å². The second kappa shape index (κ2) is 5.58. The topological polar surface area (TPSA) is 64.3 Å². The van der Waals surface area contributed by atoms with Gasteiger partial charge in [-0.3, -0.25) is 4.90 Å². The molecule has 0 radical (unpaired) electrons. The highest BCUT2D eigenvalue weighted by Gasteiger charge is 2.28. The number of aryl methyl sites for hydroxylation is 1. The second-order valence-corrected chi connectivity index (χ2v) is 5.07. The average Bonchev–Trinajstić information content (AvgIpc) is 3.08. The molecule has 1 fully saturated rings. The Morgan fingerprint density at radius 2 is 2.40 bits per heavy atom. The van der Waals surface area contributed by atoms with E-state index in [0.29, 0.717) is 17.6 Å². The van der Waals surface area contributed by atoms with E-state index in [1.165, 1.54) is 0 Å². The smallest absolute Gasteiger partial charge is 0.231 e. The van der Waals surface area contributed by atoms with E-state index >= 15 is 0 Å². The Morgan fingerprint density at radius 1 is 1.50 bits per heavy atom. The first kappa shape index (κ1) is 13.1. The van der Waals surface area contributed by atoms with Crippen LogP contribution in [0.4, 0.5) is 0 Å². The summed E-state index contributed by atoms with van der Waals surface area (Å²) in [6, 6.07) is 3.99. The largest absolute Gasteiger partial charge is 0.481 e. The standard InChI is InChI=1S/C14H18N4O2/c1-10-16-14(20-17-10)12-5-7-18(9-12)8-11-4-3-6-15-13(11)19-2/h3-4,6,12H,5,7-9H2,1-2H3/t12-/m0/s1. The van der Waals surface area contributed by atoms with Crippen LogP contribution in [0.15, 0.2) is 22.9 Å². The minimum absolute atomic E-state index is 0.332.